The lowest BCUT2D eigenvalue weighted by atomic mass is 10.2. The van der Waals surface area contributed by atoms with Gasteiger partial charge in [0.05, 0.1) is 29.2 Å². The van der Waals surface area contributed by atoms with Gasteiger partial charge in [-0.1, -0.05) is 23.9 Å². The van der Waals surface area contributed by atoms with Crippen LogP contribution in [0.15, 0.2) is 46.5 Å². The zero-order chi connectivity index (χ0) is 16.4. The summed E-state index contributed by atoms with van der Waals surface area (Å²) in [5.74, 6) is -2.06. The first kappa shape index (κ1) is 15.2. The monoisotopic (exact) mass is 329 g/mol. The van der Waals surface area contributed by atoms with Crippen LogP contribution in [0, 0.1) is 23.0 Å². The Morgan fingerprint density at radius 3 is 2.65 bits per heavy atom. The number of para-hydroxylation sites is 2. The number of fused-ring (bicyclic) bond motifs is 1. The fourth-order valence-electron chi connectivity index (χ4n) is 2.05. The molecule has 114 valence electrons. The SMILES string of the molecule is COc1c(F)c(Sc2cnc3ccccc3n2)cc(F)c1C#N. The van der Waals surface area contributed by atoms with E-state index in [1.165, 1.54) is 13.3 Å². The lowest BCUT2D eigenvalue weighted by molar-refractivity contribution is 0.375. The van der Waals surface area contributed by atoms with Gasteiger partial charge in [-0.25, -0.2) is 13.8 Å². The number of benzene rings is 2. The zero-order valence-corrected chi connectivity index (χ0v) is 12.7. The Morgan fingerprint density at radius 1 is 1.22 bits per heavy atom. The molecule has 0 unspecified atom stereocenters. The Morgan fingerprint density at radius 2 is 1.96 bits per heavy atom. The quantitative estimate of drug-likeness (QED) is 0.728. The maximum Gasteiger partial charge on any atom is 0.180 e. The van der Waals surface area contributed by atoms with Gasteiger partial charge in [0.1, 0.15) is 22.5 Å². The van der Waals surface area contributed by atoms with Crippen molar-refractivity contribution in [2.75, 3.05) is 7.11 Å². The average molecular weight is 329 g/mol. The molecule has 0 radical (unpaired) electrons. The Labute approximate surface area is 134 Å². The molecule has 0 aliphatic rings. The number of hydrogen-bond donors (Lipinski definition) is 0. The second-order valence-corrected chi connectivity index (χ2v) is 5.55. The number of methoxy groups -OCH3 is 1. The van der Waals surface area contributed by atoms with Gasteiger partial charge in [-0.05, 0) is 18.2 Å². The predicted molar refractivity (Wildman–Crippen MR) is 81.3 cm³/mol. The first-order valence-corrected chi connectivity index (χ1v) is 7.31. The van der Waals surface area contributed by atoms with E-state index in [4.69, 9.17) is 10.00 Å². The summed E-state index contributed by atoms with van der Waals surface area (Å²) in [5.41, 5.74) is 0.902. The van der Waals surface area contributed by atoms with Crippen LogP contribution in [0.1, 0.15) is 5.56 Å². The number of halogens is 2. The molecule has 4 nitrogen and oxygen atoms in total. The predicted octanol–water partition coefficient (Wildman–Crippen LogP) is 3.94. The van der Waals surface area contributed by atoms with Crippen LogP contribution in [0.2, 0.25) is 0 Å². The Kier molecular flexibility index (Phi) is 4.08. The van der Waals surface area contributed by atoms with Crippen molar-refractivity contribution in [2.24, 2.45) is 0 Å². The molecule has 3 aromatic rings. The van der Waals surface area contributed by atoms with E-state index >= 15 is 0 Å². The van der Waals surface area contributed by atoms with E-state index < -0.39 is 22.9 Å². The molecular formula is C16H9F2N3OS. The van der Waals surface area contributed by atoms with Gasteiger partial charge in [0, 0.05) is 0 Å². The van der Waals surface area contributed by atoms with Crippen molar-refractivity contribution >= 4 is 22.8 Å². The molecule has 0 bridgehead atoms. The largest absolute Gasteiger partial charge is 0.492 e. The fourth-order valence-corrected chi connectivity index (χ4v) is 2.87. The molecule has 7 heteroatoms. The molecule has 0 aliphatic carbocycles. The lowest BCUT2D eigenvalue weighted by Crippen LogP contribution is -1.98. The van der Waals surface area contributed by atoms with Crippen molar-refractivity contribution < 1.29 is 13.5 Å². The highest BCUT2D eigenvalue weighted by Gasteiger charge is 2.20. The highest BCUT2D eigenvalue weighted by molar-refractivity contribution is 7.99. The first-order chi connectivity index (χ1) is 11.1. The summed E-state index contributed by atoms with van der Waals surface area (Å²) >= 11 is 0.914. The van der Waals surface area contributed by atoms with E-state index in [1.54, 1.807) is 12.1 Å². The van der Waals surface area contributed by atoms with Crippen LogP contribution in [-0.2, 0) is 0 Å². The third kappa shape index (κ3) is 2.81. The van der Waals surface area contributed by atoms with Crippen molar-refractivity contribution in [3.05, 3.63) is 53.7 Å². The molecule has 0 amide bonds. The third-order valence-electron chi connectivity index (χ3n) is 3.10. The number of nitriles is 1. The van der Waals surface area contributed by atoms with Crippen LogP contribution >= 0.6 is 11.8 Å². The summed E-state index contributed by atoms with van der Waals surface area (Å²) in [6.07, 6.45) is 1.48. The maximum atomic E-state index is 14.4. The van der Waals surface area contributed by atoms with Crippen molar-refractivity contribution in [3.63, 3.8) is 0 Å². The number of rotatable bonds is 3. The number of aromatic nitrogens is 2. The van der Waals surface area contributed by atoms with Gasteiger partial charge in [-0.3, -0.25) is 4.98 Å². The number of hydrogen-bond acceptors (Lipinski definition) is 5. The van der Waals surface area contributed by atoms with E-state index in [0.29, 0.717) is 16.1 Å². The Balaban J connectivity index is 2.05. The van der Waals surface area contributed by atoms with Crippen molar-refractivity contribution in [2.45, 2.75) is 9.92 Å². The second-order valence-electron chi connectivity index (χ2n) is 4.49. The molecule has 0 atom stereocenters. The van der Waals surface area contributed by atoms with E-state index in [9.17, 15) is 8.78 Å². The summed E-state index contributed by atoms with van der Waals surface area (Å²) in [6, 6.07) is 9.79. The van der Waals surface area contributed by atoms with Crippen LogP contribution in [0.3, 0.4) is 0 Å². The van der Waals surface area contributed by atoms with Crippen LogP contribution in [0.25, 0.3) is 11.0 Å². The normalized spacial score (nSPS) is 10.5. The molecule has 3 rings (SSSR count). The summed E-state index contributed by atoms with van der Waals surface area (Å²) < 4.78 is 33.1. The van der Waals surface area contributed by atoms with Crippen molar-refractivity contribution in [1.82, 2.24) is 9.97 Å². The van der Waals surface area contributed by atoms with Crippen molar-refractivity contribution in [3.8, 4) is 11.8 Å². The van der Waals surface area contributed by atoms with E-state index in [-0.39, 0.29) is 4.90 Å². The van der Waals surface area contributed by atoms with E-state index in [1.807, 2.05) is 18.2 Å². The van der Waals surface area contributed by atoms with Gasteiger partial charge in [0.2, 0.25) is 0 Å². The highest BCUT2D eigenvalue weighted by Crippen LogP contribution is 2.36. The van der Waals surface area contributed by atoms with Gasteiger partial charge in [-0.2, -0.15) is 5.26 Å². The Bertz CT molecular complexity index is 940. The fraction of sp³-hybridized carbons (Fsp3) is 0.0625. The highest BCUT2D eigenvalue weighted by atomic mass is 32.2. The van der Waals surface area contributed by atoms with Gasteiger partial charge >= 0.3 is 0 Å². The molecular weight excluding hydrogens is 320 g/mol. The number of ether oxygens (including phenoxy) is 1. The summed E-state index contributed by atoms with van der Waals surface area (Å²) in [6.45, 7) is 0. The second kappa shape index (κ2) is 6.18. The topological polar surface area (TPSA) is 58.8 Å². The lowest BCUT2D eigenvalue weighted by Gasteiger charge is -2.09. The molecule has 1 aromatic heterocycles. The van der Waals surface area contributed by atoms with Gasteiger partial charge in [0.15, 0.2) is 11.6 Å². The molecule has 0 N–H and O–H groups in total. The molecule has 0 saturated carbocycles. The summed E-state index contributed by atoms with van der Waals surface area (Å²) in [5, 5.41) is 9.30. The maximum absolute atomic E-state index is 14.4. The summed E-state index contributed by atoms with van der Waals surface area (Å²) in [7, 11) is 1.18. The van der Waals surface area contributed by atoms with Gasteiger partial charge in [-0.15, -0.1) is 0 Å². The Hall–Kier alpha value is -2.72. The minimum absolute atomic E-state index is 0.0251. The van der Waals surface area contributed by atoms with E-state index in [0.717, 1.165) is 17.8 Å². The van der Waals surface area contributed by atoms with Crippen LogP contribution in [0.5, 0.6) is 5.75 Å². The molecule has 0 saturated heterocycles. The minimum Gasteiger partial charge on any atom is -0.492 e. The number of nitrogens with zero attached hydrogens (tertiary/aromatic N) is 3. The molecule has 0 fully saturated rings. The van der Waals surface area contributed by atoms with E-state index in [2.05, 4.69) is 9.97 Å². The van der Waals surface area contributed by atoms with Crippen molar-refractivity contribution in [1.29, 1.82) is 5.26 Å². The smallest absolute Gasteiger partial charge is 0.180 e. The molecule has 23 heavy (non-hydrogen) atoms. The molecule has 0 spiro atoms. The van der Waals surface area contributed by atoms with Gasteiger partial charge < -0.3 is 4.74 Å². The van der Waals surface area contributed by atoms with Crippen LogP contribution in [-0.4, -0.2) is 17.1 Å². The summed E-state index contributed by atoms with van der Waals surface area (Å²) in [4.78, 5) is 8.54. The third-order valence-corrected chi connectivity index (χ3v) is 4.02. The minimum atomic E-state index is -0.845. The van der Waals surface area contributed by atoms with Crippen LogP contribution < -0.4 is 4.74 Å². The van der Waals surface area contributed by atoms with Gasteiger partial charge in [0.25, 0.3) is 0 Å². The first-order valence-electron chi connectivity index (χ1n) is 6.49. The standard InChI is InChI=1S/C16H9F2N3OS/c1-22-16-9(7-19)10(17)6-13(15(16)18)23-14-8-20-11-4-2-3-5-12(11)21-14/h2-6,8H,1H3. The molecule has 2 aromatic carbocycles. The van der Waals surface area contributed by atoms with Crippen LogP contribution in [0.4, 0.5) is 8.78 Å². The zero-order valence-electron chi connectivity index (χ0n) is 11.9. The molecule has 1 heterocycles. The molecule has 0 aliphatic heterocycles. The average Bonchev–Trinajstić information content (AvgIpc) is 2.57.